The Bertz CT molecular complexity index is 581. The molecule has 0 amide bonds. The smallest absolute Gasteiger partial charge is 0.164 e. The van der Waals surface area contributed by atoms with Crippen molar-refractivity contribution >= 4 is 17.5 Å². The molecule has 0 aromatic heterocycles. The molecule has 22 heavy (non-hydrogen) atoms. The molecular weight excluding hydrogens is 296 g/mol. The Kier molecular flexibility index (Phi) is 6.49. The average molecular weight is 316 g/mol. The number of aliphatic hydroxyl groups is 1. The normalized spacial score (nSPS) is 11.9. The fourth-order valence-electron chi connectivity index (χ4n) is 2.20. The molecule has 0 aliphatic heterocycles. The fourth-order valence-corrected chi connectivity index (χ4v) is 3.21. The van der Waals surface area contributed by atoms with Gasteiger partial charge in [-0.25, -0.2) is 0 Å². The van der Waals surface area contributed by atoms with E-state index in [1.165, 1.54) is 0 Å². The quantitative estimate of drug-likeness (QED) is 0.754. The number of hydrogen-bond donors (Lipinski definition) is 1. The van der Waals surface area contributed by atoms with Gasteiger partial charge >= 0.3 is 0 Å². The van der Waals surface area contributed by atoms with Gasteiger partial charge in [0.2, 0.25) is 0 Å². The highest BCUT2D eigenvalue weighted by molar-refractivity contribution is 7.99. The third kappa shape index (κ3) is 4.61. The van der Waals surface area contributed by atoms with Crippen LogP contribution in [0.4, 0.5) is 0 Å². The molecule has 0 saturated heterocycles. The summed E-state index contributed by atoms with van der Waals surface area (Å²) in [5.41, 5.74) is 1.80. The van der Waals surface area contributed by atoms with E-state index < -0.39 is 0 Å². The molecule has 0 aliphatic carbocycles. The molecule has 3 nitrogen and oxygen atoms in total. The molecule has 2 aromatic carbocycles. The van der Waals surface area contributed by atoms with Gasteiger partial charge in [-0.3, -0.25) is 4.79 Å². The predicted molar refractivity (Wildman–Crippen MR) is 90.7 cm³/mol. The van der Waals surface area contributed by atoms with Crippen LogP contribution in [0.15, 0.2) is 54.6 Å². The number of thioether (sulfide) groups is 1. The largest absolute Gasteiger partial charge is 0.497 e. The molecule has 1 N–H and O–H groups in total. The second-order valence-electron chi connectivity index (χ2n) is 4.85. The van der Waals surface area contributed by atoms with Gasteiger partial charge in [0, 0.05) is 23.0 Å². The second-order valence-corrected chi connectivity index (χ2v) is 6.16. The van der Waals surface area contributed by atoms with Gasteiger partial charge in [0.25, 0.3) is 0 Å². The molecule has 0 spiro atoms. The van der Waals surface area contributed by atoms with Crippen LogP contribution in [0.25, 0.3) is 0 Å². The van der Waals surface area contributed by atoms with Crippen LogP contribution in [-0.4, -0.2) is 30.4 Å². The van der Waals surface area contributed by atoms with Crippen molar-refractivity contribution in [1.29, 1.82) is 0 Å². The van der Waals surface area contributed by atoms with Crippen LogP contribution in [0, 0.1) is 0 Å². The summed E-state index contributed by atoms with van der Waals surface area (Å²) in [7, 11) is 1.63. The molecule has 2 aromatic rings. The molecule has 0 fully saturated rings. The number of ketones is 1. The van der Waals surface area contributed by atoms with Crippen LogP contribution in [0.2, 0.25) is 0 Å². The first kappa shape index (κ1) is 16.6. The topological polar surface area (TPSA) is 46.5 Å². The maximum Gasteiger partial charge on any atom is 0.164 e. The summed E-state index contributed by atoms with van der Waals surface area (Å²) >= 11 is 1.60. The first-order valence-corrected chi connectivity index (χ1v) is 8.24. The van der Waals surface area contributed by atoms with Crippen LogP contribution in [0.3, 0.4) is 0 Å². The zero-order valence-corrected chi connectivity index (χ0v) is 13.4. The molecule has 1 atom stereocenters. The Morgan fingerprint density at radius 1 is 1.14 bits per heavy atom. The third-order valence-electron chi connectivity index (χ3n) is 3.36. The van der Waals surface area contributed by atoms with E-state index in [1.54, 1.807) is 18.9 Å². The van der Waals surface area contributed by atoms with Gasteiger partial charge in [-0.05, 0) is 17.7 Å². The monoisotopic (exact) mass is 316 g/mol. The predicted octanol–water partition coefficient (Wildman–Crippen LogP) is 3.73. The maximum absolute atomic E-state index is 12.4. The molecule has 0 radical (unpaired) electrons. The van der Waals surface area contributed by atoms with Crippen LogP contribution in [-0.2, 0) is 0 Å². The summed E-state index contributed by atoms with van der Waals surface area (Å²) in [5.74, 6) is 1.52. The summed E-state index contributed by atoms with van der Waals surface area (Å²) in [6.07, 6.45) is 0.418. The van der Waals surface area contributed by atoms with E-state index in [0.29, 0.717) is 12.2 Å². The zero-order chi connectivity index (χ0) is 15.8. The van der Waals surface area contributed by atoms with Gasteiger partial charge in [0.15, 0.2) is 5.78 Å². The number of rotatable bonds is 8. The highest BCUT2D eigenvalue weighted by Crippen LogP contribution is 2.34. The van der Waals surface area contributed by atoms with Crippen molar-refractivity contribution in [1.82, 2.24) is 0 Å². The number of carbonyl (C=O) groups excluding carboxylic acids is 1. The molecular formula is C18H20O3S. The van der Waals surface area contributed by atoms with Gasteiger partial charge in [0.1, 0.15) is 5.75 Å². The fraction of sp³-hybridized carbons (Fsp3) is 0.278. The number of methoxy groups -OCH3 is 1. The first-order chi connectivity index (χ1) is 10.7. The summed E-state index contributed by atoms with van der Waals surface area (Å²) in [4.78, 5) is 12.4. The maximum atomic E-state index is 12.4. The molecule has 1 unspecified atom stereocenters. The lowest BCUT2D eigenvalue weighted by Crippen LogP contribution is -2.06. The molecule has 0 bridgehead atoms. The van der Waals surface area contributed by atoms with Crippen molar-refractivity contribution in [2.75, 3.05) is 19.5 Å². The third-order valence-corrected chi connectivity index (χ3v) is 4.62. The minimum atomic E-state index is 0.0331. The number of carbonyl (C=O) groups is 1. The van der Waals surface area contributed by atoms with E-state index in [0.717, 1.165) is 16.9 Å². The lowest BCUT2D eigenvalue weighted by atomic mass is 10.0. The van der Waals surface area contributed by atoms with Crippen molar-refractivity contribution in [3.8, 4) is 5.75 Å². The summed E-state index contributed by atoms with van der Waals surface area (Å²) in [6, 6.07) is 17.1. The van der Waals surface area contributed by atoms with Gasteiger partial charge in [0.05, 0.1) is 13.7 Å². The number of ether oxygens (including phenoxy) is 1. The van der Waals surface area contributed by atoms with E-state index in [2.05, 4.69) is 0 Å². The number of Topliss-reactive ketones (excluding diaryl/α,β-unsaturated/α-hetero) is 1. The summed E-state index contributed by atoms with van der Waals surface area (Å²) in [5, 5.41) is 9.10. The highest BCUT2D eigenvalue weighted by atomic mass is 32.2. The molecule has 0 heterocycles. The summed E-state index contributed by atoms with van der Waals surface area (Å²) < 4.78 is 5.17. The standard InChI is InChI=1S/C18H20O3S/c1-21-16-9-7-15(8-10-16)18(22-12-11-19)13-17(20)14-5-3-2-4-6-14/h2-10,18-19H,11-13H2,1H3. The van der Waals surface area contributed by atoms with Crippen LogP contribution in [0.1, 0.15) is 27.6 Å². The molecule has 4 heteroatoms. The number of aliphatic hydroxyl groups excluding tert-OH is 1. The molecule has 116 valence electrons. The van der Waals surface area contributed by atoms with Crippen LogP contribution in [0.5, 0.6) is 5.75 Å². The second kappa shape index (κ2) is 8.61. The van der Waals surface area contributed by atoms with Crippen molar-refractivity contribution in [3.63, 3.8) is 0 Å². The van der Waals surface area contributed by atoms with E-state index in [9.17, 15) is 4.79 Å². The Hall–Kier alpha value is -1.78. The van der Waals surface area contributed by atoms with Crippen molar-refractivity contribution in [2.45, 2.75) is 11.7 Å². The van der Waals surface area contributed by atoms with Gasteiger partial charge in [-0.2, -0.15) is 11.8 Å². The summed E-state index contributed by atoms with van der Waals surface area (Å²) in [6.45, 7) is 0.108. The molecule has 2 rings (SSSR count). The van der Waals surface area contributed by atoms with E-state index in [-0.39, 0.29) is 17.6 Å². The van der Waals surface area contributed by atoms with E-state index in [4.69, 9.17) is 9.84 Å². The van der Waals surface area contributed by atoms with Gasteiger partial charge < -0.3 is 9.84 Å². The van der Waals surface area contributed by atoms with Crippen LogP contribution < -0.4 is 4.74 Å². The Morgan fingerprint density at radius 3 is 2.41 bits per heavy atom. The average Bonchev–Trinajstić information content (AvgIpc) is 2.59. The van der Waals surface area contributed by atoms with E-state index >= 15 is 0 Å². The number of hydrogen-bond acceptors (Lipinski definition) is 4. The first-order valence-electron chi connectivity index (χ1n) is 7.19. The Labute approximate surface area is 135 Å². The zero-order valence-electron chi connectivity index (χ0n) is 12.6. The minimum Gasteiger partial charge on any atom is -0.497 e. The lowest BCUT2D eigenvalue weighted by Gasteiger charge is -2.16. The molecule has 0 saturated carbocycles. The molecule has 0 aliphatic rings. The Morgan fingerprint density at radius 2 is 1.82 bits per heavy atom. The Balaban J connectivity index is 2.13. The minimum absolute atomic E-state index is 0.0331. The SMILES string of the molecule is COc1ccc(C(CC(=O)c2ccccc2)SCCO)cc1. The van der Waals surface area contributed by atoms with Crippen LogP contribution >= 0.6 is 11.8 Å². The van der Waals surface area contributed by atoms with Crippen molar-refractivity contribution in [2.24, 2.45) is 0 Å². The highest BCUT2D eigenvalue weighted by Gasteiger charge is 2.17. The van der Waals surface area contributed by atoms with Crippen molar-refractivity contribution in [3.05, 3.63) is 65.7 Å². The van der Waals surface area contributed by atoms with E-state index in [1.807, 2.05) is 54.6 Å². The number of benzene rings is 2. The van der Waals surface area contributed by atoms with Gasteiger partial charge in [-0.1, -0.05) is 42.5 Å². The van der Waals surface area contributed by atoms with Crippen molar-refractivity contribution < 1.29 is 14.6 Å². The van der Waals surface area contributed by atoms with Gasteiger partial charge in [-0.15, -0.1) is 0 Å². The lowest BCUT2D eigenvalue weighted by molar-refractivity contribution is 0.0982.